The average molecular weight is 390 g/mol. The number of hydrogen-bond donors (Lipinski definition) is 1. The SMILES string of the molecule is COc1cccc(Nc2nc(-c3ccc(-n4cnc(C)c4)c(OC)c3)nn2C)c1. The number of anilines is 2. The molecular weight excluding hydrogens is 368 g/mol. The number of nitrogens with one attached hydrogen (secondary N) is 1. The summed E-state index contributed by atoms with van der Waals surface area (Å²) in [5.74, 6) is 2.72. The van der Waals surface area contributed by atoms with Gasteiger partial charge in [-0.1, -0.05) is 6.07 Å². The van der Waals surface area contributed by atoms with Crippen LogP contribution in [0.1, 0.15) is 5.69 Å². The van der Waals surface area contributed by atoms with Crippen molar-refractivity contribution in [2.75, 3.05) is 19.5 Å². The molecule has 0 saturated heterocycles. The highest BCUT2D eigenvalue weighted by Gasteiger charge is 2.13. The topological polar surface area (TPSA) is 79.0 Å². The third-order valence-corrected chi connectivity index (χ3v) is 4.52. The van der Waals surface area contributed by atoms with E-state index in [9.17, 15) is 0 Å². The van der Waals surface area contributed by atoms with Crippen LogP contribution in [0, 0.1) is 6.92 Å². The summed E-state index contributed by atoms with van der Waals surface area (Å²) in [5, 5.41) is 7.81. The summed E-state index contributed by atoms with van der Waals surface area (Å²) >= 11 is 0. The van der Waals surface area contributed by atoms with Crippen molar-refractivity contribution in [3.8, 4) is 28.6 Å². The molecule has 148 valence electrons. The van der Waals surface area contributed by atoms with Crippen LogP contribution in [-0.4, -0.2) is 38.5 Å². The Bertz CT molecular complexity index is 1150. The molecule has 0 aliphatic carbocycles. The average Bonchev–Trinajstić information content (AvgIpc) is 3.33. The van der Waals surface area contributed by atoms with Crippen molar-refractivity contribution in [1.29, 1.82) is 0 Å². The van der Waals surface area contributed by atoms with Gasteiger partial charge in [-0.3, -0.25) is 0 Å². The van der Waals surface area contributed by atoms with Gasteiger partial charge in [-0.15, -0.1) is 5.10 Å². The van der Waals surface area contributed by atoms with E-state index in [4.69, 9.17) is 9.47 Å². The van der Waals surface area contributed by atoms with Crippen LogP contribution in [0.25, 0.3) is 17.1 Å². The Hall–Kier alpha value is -3.81. The van der Waals surface area contributed by atoms with Gasteiger partial charge in [0.2, 0.25) is 5.95 Å². The molecular formula is C21H22N6O2. The summed E-state index contributed by atoms with van der Waals surface area (Å²) in [4.78, 5) is 8.92. The second kappa shape index (κ2) is 7.67. The standard InChI is InChI=1S/C21H22N6O2/c1-14-12-27(13-22-14)18-9-8-15(10-19(18)29-4)20-24-21(26(2)25-20)23-16-6-5-7-17(11-16)28-3/h5-13H,1-4H3,(H,23,24,25). The van der Waals surface area contributed by atoms with Crippen LogP contribution in [0.15, 0.2) is 55.0 Å². The first-order chi connectivity index (χ1) is 14.1. The van der Waals surface area contributed by atoms with Gasteiger partial charge in [-0.2, -0.15) is 4.98 Å². The highest BCUT2D eigenvalue weighted by Crippen LogP contribution is 2.29. The fraction of sp³-hybridized carbons (Fsp3) is 0.190. The molecule has 0 unspecified atom stereocenters. The Morgan fingerprint density at radius 2 is 1.90 bits per heavy atom. The zero-order valence-corrected chi connectivity index (χ0v) is 16.7. The van der Waals surface area contributed by atoms with Gasteiger partial charge < -0.3 is 19.4 Å². The summed E-state index contributed by atoms with van der Waals surface area (Å²) in [5.41, 5.74) is 3.57. The van der Waals surface area contributed by atoms with Gasteiger partial charge in [-0.25, -0.2) is 9.67 Å². The van der Waals surface area contributed by atoms with E-state index in [0.29, 0.717) is 11.8 Å². The number of aromatic nitrogens is 5. The molecule has 0 radical (unpaired) electrons. The fourth-order valence-corrected chi connectivity index (χ4v) is 3.03. The van der Waals surface area contributed by atoms with Gasteiger partial charge in [0.05, 0.1) is 31.9 Å². The maximum atomic E-state index is 5.59. The molecule has 2 heterocycles. The van der Waals surface area contributed by atoms with Crippen LogP contribution in [0.4, 0.5) is 11.6 Å². The highest BCUT2D eigenvalue weighted by atomic mass is 16.5. The van der Waals surface area contributed by atoms with Crippen molar-refractivity contribution in [2.45, 2.75) is 6.92 Å². The summed E-state index contributed by atoms with van der Waals surface area (Å²) < 4.78 is 14.5. The molecule has 29 heavy (non-hydrogen) atoms. The summed E-state index contributed by atoms with van der Waals surface area (Å²) in [6, 6.07) is 13.5. The fourth-order valence-electron chi connectivity index (χ4n) is 3.03. The molecule has 2 aromatic carbocycles. The molecule has 0 amide bonds. The zero-order chi connectivity index (χ0) is 20.4. The van der Waals surface area contributed by atoms with Crippen LogP contribution < -0.4 is 14.8 Å². The summed E-state index contributed by atoms with van der Waals surface area (Å²) in [6.07, 6.45) is 3.72. The minimum atomic E-state index is 0.601. The minimum Gasteiger partial charge on any atom is -0.497 e. The highest BCUT2D eigenvalue weighted by molar-refractivity contribution is 5.65. The van der Waals surface area contributed by atoms with E-state index < -0.39 is 0 Å². The molecule has 0 saturated carbocycles. The van der Waals surface area contributed by atoms with E-state index in [2.05, 4.69) is 20.4 Å². The van der Waals surface area contributed by atoms with E-state index in [-0.39, 0.29) is 0 Å². The number of methoxy groups -OCH3 is 2. The molecule has 4 aromatic rings. The van der Waals surface area contributed by atoms with Gasteiger partial charge in [0.1, 0.15) is 11.5 Å². The molecule has 8 nitrogen and oxygen atoms in total. The number of benzene rings is 2. The molecule has 8 heteroatoms. The number of hydrogen-bond acceptors (Lipinski definition) is 6. The lowest BCUT2D eigenvalue weighted by Gasteiger charge is -2.10. The van der Waals surface area contributed by atoms with Gasteiger partial charge in [0.25, 0.3) is 0 Å². The first-order valence-corrected chi connectivity index (χ1v) is 9.09. The van der Waals surface area contributed by atoms with Crippen LogP contribution in [0.2, 0.25) is 0 Å². The first-order valence-electron chi connectivity index (χ1n) is 9.09. The van der Waals surface area contributed by atoms with Crippen molar-refractivity contribution < 1.29 is 9.47 Å². The third kappa shape index (κ3) is 3.77. The zero-order valence-electron chi connectivity index (χ0n) is 16.7. The maximum absolute atomic E-state index is 5.59. The van der Waals surface area contributed by atoms with E-state index in [0.717, 1.165) is 34.1 Å². The van der Waals surface area contributed by atoms with Gasteiger partial charge in [-0.05, 0) is 37.3 Å². The second-order valence-electron chi connectivity index (χ2n) is 6.55. The van der Waals surface area contributed by atoms with Crippen molar-refractivity contribution in [3.05, 3.63) is 60.7 Å². The smallest absolute Gasteiger partial charge is 0.225 e. The van der Waals surface area contributed by atoms with Crippen molar-refractivity contribution in [2.24, 2.45) is 7.05 Å². The normalized spacial score (nSPS) is 10.8. The molecule has 1 N–H and O–H groups in total. The van der Waals surface area contributed by atoms with Gasteiger partial charge in [0, 0.05) is 30.6 Å². The third-order valence-electron chi connectivity index (χ3n) is 4.52. The van der Waals surface area contributed by atoms with E-state index in [1.54, 1.807) is 25.2 Å². The Morgan fingerprint density at radius 3 is 2.62 bits per heavy atom. The summed E-state index contributed by atoms with van der Waals surface area (Å²) in [6.45, 7) is 1.95. The van der Waals surface area contributed by atoms with E-state index >= 15 is 0 Å². The van der Waals surface area contributed by atoms with E-state index in [1.807, 2.05) is 67.2 Å². The summed E-state index contributed by atoms with van der Waals surface area (Å²) in [7, 11) is 5.13. The molecule has 0 bridgehead atoms. The predicted octanol–water partition coefficient (Wildman–Crippen LogP) is 3.74. The Balaban J connectivity index is 1.64. The van der Waals surface area contributed by atoms with Crippen molar-refractivity contribution >= 4 is 11.6 Å². The molecule has 0 aliphatic rings. The van der Waals surface area contributed by atoms with Gasteiger partial charge in [0.15, 0.2) is 5.82 Å². The van der Waals surface area contributed by atoms with Crippen LogP contribution in [-0.2, 0) is 7.05 Å². The lowest BCUT2D eigenvalue weighted by molar-refractivity contribution is 0.413. The molecule has 4 rings (SSSR count). The Labute approximate surface area is 168 Å². The van der Waals surface area contributed by atoms with Crippen molar-refractivity contribution in [3.63, 3.8) is 0 Å². The number of ether oxygens (including phenoxy) is 2. The predicted molar refractivity (Wildman–Crippen MR) is 111 cm³/mol. The lowest BCUT2D eigenvalue weighted by Crippen LogP contribution is -2.00. The lowest BCUT2D eigenvalue weighted by atomic mass is 10.1. The Morgan fingerprint density at radius 1 is 1.03 bits per heavy atom. The Kier molecular flexibility index (Phi) is 4.90. The van der Waals surface area contributed by atoms with Crippen molar-refractivity contribution in [1.82, 2.24) is 24.3 Å². The second-order valence-corrected chi connectivity index (χ2v) is 6.55. The molecule has 0 aliphatic heterocycles. The maximum Gasteiger partial charge on any atom is 0.225 e. The minimum absolute atomic E-state index is 0.601. The van der Waals surface area contributed by atoms with Crippen LogP contribution >= 0.6 is 0 Å². The molecule has 0 fully saturated rings. The van der Waals surface area contributed by atoms with Crippen LogP contribution in [0.3, 0.4) is 0 Å². The van der Waals surface area contributed by atoms with Gasteiger partial charge >= 0.3 is 0 Å². The number of nitrogens with zero attached hydrogens (tertiary/aromatic N) is 5. The first kappa shape index (κ1) is 18.5. The largest absolute Gasteiger partial charge is 0.497 e. The van der Waals surface area contributed by atoms with E-state index in [1.165, 1.54) is 0 Å². The molecule has 0 spiro atoms. The number of rotatable bonds is 6. The van der Waals surface area contributed by atoms with Crippen LogP contribution in [0.5, 0.6) is 11.5 Å². The molecule has 0 atom stereocenters. The molecule has 2 aromatic heterocycles. The number of imidazole rings is 1. The number of aryl methyl sites for hydroxylation is 2. The quantitative estimate of drug-likeness (QED) is 0.540. The monoisotopic (exact) mass is 390 g/mol.